The monoisotopic (exact) mass is 435 g/mol. The number of amides is 2. The van der Waals surface area contributed by atoms with E-state index in [1.54, 1.807) is 32.3 Å². The predicted octanol–water partition coefficient (Wildman–Crippen LogP) is 2.46. The summed E-state index contributed by atoms with van der Waals surface area (Å²) in [6.07, 6.45) is 0. The molecular weight excluding hydrogens is 414 g/mol. The van der Waals surface area contributed by atoms with Crippen LogP contribution in [0.15, 0.2) is 54.6 Å². The van der Waals surface area contributed by atoms with Crippen LogP contribution in [0.5, 0.6) is 29.0 Å². The van der Waals surface area contributed by atoms with Gasteiger partial charge in [-0.3, -0.25) is 15.0 Å². The Morgan fingerprint density at radius 2 is 1.62 bits per heavy atom. The average molecular weight is 435 g/mol. The average Bonchev–Trinajstić information content (AvgIpc) is 2.74. The second-order valence-corrected chi connectivity index (χ2v) is 6.92. The number of benzene rings is 2. The van der Waals surface area contributed by atoms with Crippen LogP contribution >= 0.6 is 0 Å². The van der Waals surface area contributed by atoms with Crippen LogP contribution in [-0.2, 0) is 0 Å². The largest absolute Gasteiger partial charge is 0.504 e. The summed E-state index contributed by atoms with van der Waals surface area (Å²) in [4.78, 5) is 29.6. The van der Waals surface area contributed by atoms with Crippen molar-refractivity contribution in [1.82, 2.24) is 9.88 Å². The third kappa shape index (κ3) is 5.11. The molecule has 10 nitrogen and oxygen atoms in total. The first-order valence-corrected chi connectivity index (χ1v) is 9.31. The van der Waals surface area contributed by atoms with Crippen molar-refractivity contribution in [2.45, 2.75) is 0 Å². The van der Waals surface area contributed by atoms with Gasteiger partial charge in [0.25, 0.3) is 5.91 Å². The fourth-order valence-electron chi connectivity index (χ4n) is 2.68. The molecule has 0 radical (unpaired) electrons. The Kier molecular flexibility index (Phi) is 6.24. The third-order valence-electron chi connectivity index (χ3n) is 4.26. The van der Waals surface area contributed by atoms with Crippen molar-refractivity contribution >= 4 is 17.6 Å². The molecule has 0 spiro atoms. The molecule has 0 atom stereocenters. The van der Waals surface area contributed by atoms with E-state index in [9.17, 15) is 14.7 Å². The molecule has 0 fully saturated rings. The highest BCUT2D eigenvalue weighted by molar-refractivity contribution is 5.96. The molecule has 2 aromatic carbocycles. The Bertz CT molecular complexity index is 1210. The normalized spacial score (nSPS) is 10.3. The Balaban J connectivity index is 1.95. The van der Waals surface area contributed by atoms with Crippen molar-refractivity contribution in [3.05, 3.63) is 71.3 Å². The number of nitrogens with two attached hydrogens (primary N) is 2. The number of nitrogen functional groups attached to an aromatic ring is 1. The second kappa shape index (κ2) is 9.04. The van der Waals surface area contributed by atoms with Gasteiger partial charge in [-0.1, -0.05) is 6.07 Å². The molecule has 6 N–H and O–H groups in total. The van der Waals surface area contributed by atoms with Gasteiger partial charge in [0, 0.05) is 42.9 Å². The van der Waals surface area contributed by atoms with Crippen molar-refractivity contribution in [3.63, 3.8) is 0 Å². The summed E-state index contributed by atoms with van der Waals surface area (Å²) in [5, 5.41) is 17.6. The van der Waals surface area contributed by atoms with E-state index in [2.05, 4.69) is 4.98 Å². The maximum Gasteiger partial charge on any atom is 0.253 e. The number of carbonyl (C=O) groups excluding carboxylic acids is 2. The number of pyridine rings is 1. The van der Waals surface area contributed by atoms with E-state index in [0.29, 0.717) is 16.9 Å². The number of primary amides is 1. The van der Waals surface area contributed by atoms with Gasteiger partial charge in [0.1, 0.15) is 11.6 Å². The van der Waals surface area contributed by atoms with Crippen LogP contribution in [0.1, 0.15) is 26.3 Å². The van der Waals surface area contributed by atoms with E-state index in [1.807, 2.05) is 0 Å². The maximum absolute atomic E-state index is 12.2. The maximum atomic E-state index is 12.2. The molecule has 3 rings (SSSR count). The fourth-order valence-corrected chi connectivity index (χ4v) is 2.68. The minimum absolute atomic E-state index is 0.0204. The van der Waals surface area contributed by atoms with Crippen LogP contribution in [0.25, 0.3) is 0 Å². The second-order valence-electron chi connectivity index (χ2n) is 6.92. The van der Waals surface area contributed by atoms with Gasteiger partial charge in [0.05, 0.1) is 0 Å². The number of ether oxygens (including phenoxy) is 2. The standard InChI is InChI=1S/C22H21N5O5/c1-27(2)22(30)13-4-3-5-15(8-13)31-18-10-14(21(25)29)11-19(26-18)32-17-9-12(20(23)24)6-7-16(17)28/h3-11,28H,1-2H3,(H3,23,24)(H2,25,29). The zero-order valence-corrected chi connectivity index (χ0v) is 17.3. The number of rotatable bonds is 7. The van der Waals surface area contributed by atoms with Crippen LogP contribution in [0, 0.1) is 5.41 Å². The summed E-state index contributed by atoms with van der Waals surface area (Å²) in [6.45, 7) is 0. The van der Waals surface area contributed by atoms with Gasteiger partial charge >= 0.3 is 0 Å². The summed E-state index contributed by atoms with van der Waals surface area (Å²) in [5.74, 6) is -1.24. The van der Waals surface area contributed by atoms with Crippen molar-refractivity contribution < 1.29 is 24.2 Å². The van der Waals surface area contributed by atoms with E-state index in [0.717, 1.165) is 0 Å². The van der Waals surface area contributed by atoms with E-state index < -0.39 is 5.91 Å². The van der Waals surface area contributed by atoms with Crippen LogP contribution in [0.3, 0.4) is 0 Å². The van der Waals surface area contributed by atoms with Crippen molar-refractivity contribution in [2.24, 2.45) is 11.5 Å². The summed E-state index contributed by atoms with van der Waals surface area (Å²) in [7, 11) is 3.27. The van der Waals surface area contributed by atoms with Crippen molar-refractivity contribution in [1.29, 1.82) is 5.41 Å². The number of aromatic nitrogens is 1. The van der Waals surface area contributed by atoms with E-state index in [1.165, 1.54) is 41.3 Å². The molecule has 0 aliphatic rings. The Morgan fingerprint density at radius 1 is 0.938 bits per heavy atom. The number of nitrogens with zero attached hydrogens (tertiary/aromatic N) is 2. The molecule has 164 valence electrons. The Hall–Kier alpha value is -4.60. The highest BCUT2D eigenvalue weighted by atomic mass is 16.5. The Morgan fingerprint density at radius 3 is 2.25 bits per heavy atom. The van der Waals surface area contributed by atoms with Crippen molar-refractivity contribution in [3.8, 4) is 29.0 Å². The molecule has 0 saturated heterocycles. The van der Waals surface area contributed by atoms with Gasteiger partial charge in [-0.2, -0.15) is 4.98 Å². The zero-order chi connectivity index (χ0) is 23.4. The lowest BCUT2D eigenvalue weighted by atomic mass is 10.2. The number of aromatic hydroxyl groups is 1. The van der Waals surface area contributed by atoms with Gasteiger partial charge in [-0.25, -0.2) is 0 Å². The van der Waals surface area contributed by atoms with Gasteiger partial charge in [0.15, 0.2) is 11.5 Å². The third-order valence-corrected chi connectivity index (χ3v) is 4.26. The summed E-state index contributed by atoms with van der Waals surface area (Å²) in [5.41, 5.74) is 11.7. The minimum Gasteiger partial charge on any atom is -0.504 e. The fraction of sp³-hybridized carbons (Fsp3) is 0.0909. The quantitative estimate of drug-likeness (QED) is 0.327. The van der Waals surface area contributed by atoms with Gasteiger partial charge < -0.3 is 30.9 Å². The molecule has 0 saturated carbocycles. The van der Waals surface area contributed by atoms with Crippen molar-refractivity contribution in [2.75, 3.05) is 14.1 Å². The lowest BCUT2D eigenvalue weighted by molar-refractivity contribution is 0.0827. The number of phenolic OH excluding ortho intramolecular Hbond substituents is 1. The molecule has 10 heteroatoms. The van der Waals surface area contributed by atoms with E-state index >= 15 is 0 Å². The molecule has 0 bridgehead atoms. The summed E-state index contributed by atoms with van der Waals surface area (Å²) >= 11 is 0. The predicted molar refractivity (Wildman–Crippen MR) is 116 cm³/mol. The number of nitrogens with one attached hydrogen (secondary N) is 1. The molecule has 0 unspecified atom stereocenters. The number of hydrogen-bond acceptors (Lipinski definition) is 7. The molecule has 1 heterocycles. The van der Waals surface area contributed by atoms with Gasteiger partial charge in [-0.05, 0) is 36.4 Å². The van der Waals surface area contributed by atoms with Crippen LogP contribution in [0.4, 0.5) is 0 Å². The summed E-state index contributed by atoms with van der Waals surface area (Å²) in [6, 6.07) is 13.2. The summed E-state index contributed by atoms with van der Waals surface area (Å²) < 4.78 is 11.3. The number of phenols is 1. The highest BCUT2D eigenvalue weighted by Gasteiger charge is 2.14. The lowest BCUT2D eigenvalue weighted by Gasteiger charge is -2.13. The molecule has 32 heavy (non-hydrogen) atoms. The van der Waals surface area contributed by atoms with Crippen LogP contribution in [-0.4, -0.2) is 46.7 Å². The first-order chi connectivity index (χ1) is 15.1. The SMILES string of the molecule is CN(C)C(=O)c1cccc(Oc2cc(C(N)=O)cc(Oc3cc(C(=N)N)ccc3O)n2)c1. The molecule has 0 aliphatic heterocycles. The van der Waals surface area contributed by atoms with E-state index in [4.69, 9.17) is 26.4 Å². The van der Waals surface area contributed by atoms with Gasteiger partial charge in [0.2, 0.25) is 17.7 Å². The number of carbonyl (C=O) groups is 2. The molecule has 0 aliphatic carbocycles. The molecule has 2 amide bonds. The first kappa shape index (κ1) is 22.1. The minimum atomic E-state index is -0.750. The first-order valence-electron chi connectivity index (χ1n) is 9.31. The zero-order valence-electron chi connectivity index (χ0n) is 17.3. The topological polar surface area (TPSA) is 165 Å². The lowest BCUT2D eigenvalue weighted by Crippen LogP contribution is -2.21. The van der Waals surface area contributed by atoms with Crippen LogP contribution < -0.4 is 20.9 Å². The van der Waals surface area contributed by atoms with E-state index in [-0.39, 0.29) is 40.6 Å². The molecule has 3 aromatic rings. The molecule has 1 aromatic heterocycles. The molecular formula is C22H21N5O5. The number of hydrogen-bond donors (Lipinski definition) is 4. The van der Waals surface area contributed by atoms with Gasteiger partial charge in [-0.15, -0.1) is 0 Å². The number of amidine groups is 1. The Labute approximate surface area is 183 Å². The van der Waals surface area contributed by atoms with Crippen LogP contribution in [0.2, 0.25) is 0 Å². The highest BCUT2D eigenvalue weighted by Crippen LogP contribution is 2.33. The smallest absolute Gasteiger partial charge is 0.253 e.